The molecule has 2 nitrogen and oxygen atoms in total. The van der Waals surface area contributed by atoms with Crippen LogP contribution < -0.4 is 0 Å². The predicted molar refractivity (Wildman–Crippen MR) is 65.5 cm³/mol. The third-order valence-electron chi connectivity index (χ3n) is 3.54. The predicted octanol–water partition coefficient (Wildman–Crippen LogP) is 1.95. The van der Waals surface area contributed by atoms with Crippen LogP contribution in [-0.4, -0.2) is 54.4 Å². The molecule has 2 fully saturated rings. The SMILES string of the molecule is ClCC=CCN1CCN2CCCCC2C1. The minimum absolute atomic E-state index is 0.642. The van der Waals surface area contributed by atoms with E-state index in [1.54, 1.807) is 0 Å². The second kappa shape index (κ2) is 5.88. The monoisotopic (exact) mass is 228 g/mol. The lowest BCUT2D eigenvalue weighted by molar-refractivity contribution is 0.0552. The van der Waals surface area contributed by atoms with Gasteiger partial charge in [0.15, 0.2) is 0 Å². The quantitative estimate of drug-likeness (QED) is 0.538. The van der Waals surface area contributed by atoms with E-state index in [1.165, 1.54) is 45.4 Å². The summed E-state index contributed by atoms with van der Waals surface area (Å²) in [6, 6.07) is 0.830. The molecule has 0 aromatic heterocycles. The van der Waals surface area contributed by atoms with E-state index in [2.05, 4.69) is 22.0 Å². The Balaban J connectivity index is 1.78. The number of allylic oxidation sites excluding steroid dienone is 1. The topological polar surface area (TPSA) is 6.48 Å². The molecule has 2 aliphatic heterocycles. The van der Waals surface area contributed by atoms with E-state index in [4.69, 9.17) is 11.6 Å². The summed E-state index contributed by atoms with van der Waals surface area (Å²) in [7, 11) is 0. The van der Waals surface area contributed by atoms with E-state index in [-0.39, 0.29) is 0 Å². The lowest BCUT2D eigenvalue weighted by atomic mass is 9.99. The summed E-state index contributed by atoms with van der Waals surface area (Å²) in [4.78, 5) is 5.22. The van der Waals surface area contributed by atoms with Gasteiger partial charge in [0, 0.05) is 38.1 Å². The van der Waals surface area contributed by atoms with E-state index in [9.17, 15) is 0 Å². The molecule has 0 N–H and O–H groups in total. The Hall–Kier alpha value is -0.0500. The van der Waals surface area contributed by atoms with Gasteiger partial charge in [-0.15, -0.1) is 11.6 Å². The fraction of sp³-hybridized carbons (Fsp3) is 0.833. The van der Waals surface area contributed by atoms with Crippen molar-refractivity contribution >= 4 is 11.6 Å². The first-order valence-corrected chi connectivity index (χ1v) is 6.61. The van der Waals surface area contributed by atoms with E-state index < -0.39 is 0 Å². The normalized spacial score (nSPS) is 29.5. The zero-order chi connectivity index (χ0) is 10.5. The average Bonchev–Trinajstić information content (AvgIpc) is 2.29. The molecular weight excluding hydrogens is 208 g/mol. The first-order valence-electron chi connectivity index (χ1n) is 6.07. The molecule has 1 atom stereocenters. The lowest BCUT2D eigenvalue weighted by Crippen LogP contribution is -2.54. The standard InChI is InChI=1S/C12H21ClN2/c13-6-2-4-7-14-9-10-15-8-3-1-5-12(15)11-14/h2,4,12H,1,3,5-11H2. The minimum atomic E-state index is 0.642. The van der Waals surface area contributed by atoms with Crippen LogP contribution in [0.4, 0.5) is 0 Å². The number of halogens is 1. The molecule has 2 rings (SSSR count). The van der Waals surface area contributed by atoms with Crippen LogP contribution in [0.3, 0.4) is 0 Å². The van der Waals surface area contributed by atoms with Crippen LogP contribution in [0.25, 0.3) is 0 Å². The van der Waals surface area contributed by atoms with Gasteiger partial charge < -0.3 is 0 Å². The lowest BCUT2D eigenvalue weighted by Gasteiger charge is -2.43. The van der Waals surface area contributed by atoms with Crippen molar-refractivity contribution in [2.24, 2.45) is 0 Å². The molecule has 0 radical (unpaired) electrons. The van der Waals surface area contributed by atoms with E-state index >= 15 is 0 Å². The third-order valence-corrected chi connectivity index (χ3v) is 3.72. The Morgan fingerprint density at radius 1 is 1.13 bits per heavy atom. The summed E-state index contributed by atoms with van der Waals surface area (Å²) in [6.07, 6.45) is 8.48. The number of piperidine rings is 1. The first kappa shape index (κ1) is 11.4. The molecule has 15 heavy (non-hydrogen) atoms. The number of nitrogens with zero attached hydrogens (tertiary/aromatic N) is 2. The van der Waals surface area contributed by atoms with Crippen LogP contribution >= 0.6 is 11.6 Å². The third kappa shape index (κ3) is 3.20. The van der Waals surface area contributed by atoms with Crippen molar-refractivity contribution in [1.29, 1.82) is 0 Å². The fourth-order valence-corrected chi connectivity index (χ4v) is 2.80. The van der Waals surface area contributed by atoms with Gasteiger partial charge in [-0.2, -0.15) is 0 Å². The van der Waals surface area contributed by atoms with Gasteiger partial charge in [0.05, 0.1) is 0 Å². The number of fused-ring (bicyclic) bond motifs is 1. The van der Waals surface area contributed by atoms with E-state index in [1.807, 2.05) is 0 Å². The van der Waals surface area contributed by atoms with Crippen molar-refractivity contribution in [2.45, 2.75) is 25.3 Å². The van der Waals surface area contributed by atoms with Gasteiger partial charge in [-0.3, -0.25) is 9.80 Å². The number of hydrogen-bond donors (Lipinski definition) is 0. The van der Waals surface area contributed by atoms with E-state index in [0.29, 0.717) is 5.88 Å². The highest BCUT2D eigenvalue weighted by molar-refractivity contribution is 6.18. The Morgan fingerprint density at radius 2 is 2.07 bits per heavy atom. The van der Waals surface area contributed by atoms with Gasteiger partial charge in [-0.25, -0.2) is 0 Å². The number of hydrogen-bond acceptors (Lipinski definition) is 2. The van der Waals surface area contributed by atoms with Crippen LogP contribution in [0.1, 0.15) is 19.3 Å². The van der Waals surface area contributed by atoms with Crippen LogP contribution in [0.2, 0.25) is 0 Å². The van der Waals surface area contributed by atoms with Gasteiger partial charge in [-0.05, 0) is 19.4 Å². The number of piperazine rings is 1. The molecule has 2 heterocycles. The highest BCUT2D eigenvalue weighted by Gasteiger charge is 2.27. The van der Waals surface area contributed by atoms with Crippen LogP contribution in [0, 0.1) is 0 Å². The van der Waals surface area contributed by atoms with Crippen molar-refractivity contribution in [2.75, 3.05) is 38.6 Å². The first-order chi connectivity index (χ1) is 7.40. The van der Waals surface area contributed by atoms with Crippen molar-refractivity contribution in [3.63, 3.8) is 0 Å². The molecule has 0 aromatic rings. The minimum Gasteiger partial charge on any atom is -0.298 e. The molecule has 2 aliphatic rings. The number of alkyl halides is 1. The van der Waals surface area contributed by atoms with Crippen LogP contribution in [-0.2, 0) is 0 Å². The Labute approximate surface area is 97.9 Å². The van der Waals surface area contributed by atoms with Gasteiger partial charge in [-0.1, -0.05) is 18.6 Å². The summed E-state index contributed by atoms with van der Waals surface area (Å²) in [6.45, 7) is 6.15. The molecule has 3 heteroatoms. The van der Waals surface area contributed by atoms with Crippen molar-refractivity contribution in [3.05, 3.63) is 12.2 Å². The molecule has 0 amide bonds. The molecule has 0 saturated carbocycles. The molecular formula is C12H21ClN2. The second-order valence-electron chi connectivity index (χ2n) is 4.57. The molecule has 2 saturated heterocycles. The van der Waals surface area contributed by atoms with Crippen LogP contribution in [0.5, 0.6) is 0 Å². The van der Waals surface area contributed by atoms with Gasteiger partial charge in [0.1, 0.15) is 0 Å². The molecule has 0 bridgehead atoms. The molecule has 0 spiro atoms. The zero-order valence-corrected chi connectivity index (χ0v) is 10.1. The maximum atomic E-state index is 5.62. The molecule has 86 valence electrons. The Morgan fingerprint density at radius 3 is 2.93 bits per heavy atom. The summed E-state index contributed by atoms with van der Waals surface area (Å²) < 4.78 is 0. The molecule has 0 aliphatic carbocycles. The highest BCUT2D eigenvalue weighted by Crippen LogP contribution is 2.20. The maximum Gasteiger partial charge on any atom is 0.0404 e. The molecule has 1 unspecified atom stereocenters. The van der Waals surface area contributed by atoms with E-state index in [0.717, 1.165) is 12.6 Å². The van der Waals surface area contributed by atoms with Gasteiger partial charge in [0.25, 0.3) is 0 Å². The number of rotatable bonds is 3. The summed E-state index contributed by atoms with van der Waals surface area (Å²) in [5.74, 6) is 0.642. The summed E-state index contributed by atoms with van der Waals surface area (Å²) >= 11 is 5.62. The highest BCUT2D eigenvalue weighted by atomic mass is 35.5. The van der Waals surface area contributed by atoms with Gasteiger partial charge >= 0.3 is 0 Å². The Kier molecular flexibility index (Phi) is 4.48. The fourth-order valence-electron chi connectivity index (χ4n) is 2.67. The zero-order valence-electron chi connectivity index (χ0n) is 9.37. The Bertz CT molecular complexity index is 218. The maximum absolute atomic E-state index is 5.62. The largest absolute Gasteiger partial charge is 0.298 e. The van der Waals surface area contributed by atoms with Crippen LogP contribution in [0.15, 0.2) is 12.2 Å². The van der Waals surface area contributed by atoms with Crippen molar-refractivity contribution in [1.82, 2.24) is 9.80 Å². The summed E-state index contributed by atoms with van der Waals surface area (Å²) in [5, 5.41) is 0. The van der Waals surface area contributed by atoms with Crippen molar-refractivity contribution < 1.29 is 0 Å². The van der Waals surface area contributed by atoms with Gasteiger partial charge in [0.2, 0.25) is 0 Å². The smallest absolute Gasteiger partial charge is 0.0404 e. The average molecular weight is 229 g/mol. The molecule has 0 aromatic carbocycles. The second-order valence-corrected chi connectivity index (χ2v) is 4.88. The summed E-state index contributed by atoms with van der Waals surface area (Å²) in [5.41, 5.74) is 0. The van der Waals surface area contributed by atoms with Crippen molar-refractivity contribution in [3.8, 4) is 0 Å².